The predicted octanol–water partition coefficient (Wildman–Crippen LogP) is 1.97. The van der Waals surface area contributed by atoms with Gasteiger partial charge in [-0.2, -0.15) is 0 Å². The number of nitrogens with zero attached hydrogens (tertiary/aromatic N) is 2. The molecule has 0 spiro atoms. The van der Waals surface area contributed by atoms with E-state index in [1.807, 2.05) is 0 Å². The van der Waals surface area contributed by atoms with Crippen LogP contribution < -0.4 is 10.6 Å². The van der Waals surface area contributed by atoms with Crippen molar-refractivity contribution in [1.82, 2.24) is 4.90 Å². The third-order valence-corrected chi connectivity index (χ3v) is 3.73. The average molecular weight is 233 g/mol. The van der Waals surface area contributed by atoms with Crippen LogP contribution in [0.4, 0.5) is 11.4 Å². The first-order chi connectivity index (χ1) is 8.08. The van der Waals surface area contributed by atoms with Crippen LogP contribution in [0.1, 0.15) is 12.0 Å². The van der Waals surface area contributed by atoms with E-state index < -0.39 is 0 Å². The van der Waals surface area contributed by atoms with Crippen LogP contribution in [0, 0.1) is 12.8 Å². The van der Waals surface area contributed by atoms with Crippen molar-refractivity contribution in [2.24, 2.45) is 5.92 Å². The van der Waals surface area contributed by atoms with E-state index in [2.05, 4.69) is 49.0 Å². The number of likely N-dealkylation sites (tertiary alicyclic amines) is 1. The number of hydrogen-bond donors (Lipinski definition) is 1. The van der Waals surface area contributed by atoms with Crippen LogP contribution in [-0.4, -0.2) is 38.6 Å². The zero-order valence-corrected chi connectivity index (χ0v) is 11.1. The predicted molar refractivity (Wildman–Crippen MR) is 74.5 cm³/mol. The van der Waals surface area contributed by atoms with E-state index in [0.717, 1.165) is 23.7 Å². The summed E-state index contributed by atoms with van der Waals surface area (Å²) in [4.78, 5) is 4.70. The Morgan fingerprint density at radius 1 is 1.47 bits per heavy atom. The lowest BCUT2D eigenvalue weighted by Gasteiger charge is -2.25. The van der Waals surface area contributed by atoms with Gasteiger partial charge in [-0.25, -0.2) is 0 Å². The summed E-state index contributed by atoms with van der Waals surface area (Å²) in [6.07, 6.45) is 1.30. The number of hydrogen-bond acceptors (Lipinski definition) is 3. The van der Waals surface area contributed by atoms with Gasteiger partial charge < -0.3 is 15.5 Å². The topological polar surface area (TPSA) is 32.5 Å². The summed E-state index contributed by atoms with van der Waals surface area (Å²) in [5.41, 5.74) is 9.38. The van der Waals surface area contributed by atoms with Gasteiger partial charge in [0.2, 0.25) is 0 Å². The minimum atomic E-state index is 0.768. The van der Waals surface area contributed by atoms with Crippen molar-refractivity contribution in [3.63, 3.8) is 0 Å². The number of aryl methyl sites for hydroxylation is 1. The molecule has 2 rings (SSSR count). The molecule has 3 heteroatoms. The normalized spacial score (nSPS) is 20.8. The maximum atomic E-state index is 6.13. The Hall–Kier alpha value is -1.22. The molecule has 17 heavy (non-hydrogen) atoms. The second kappa shape index (κ2) is 4.96. The van der Waals surface area contributed by atoms with Crippen LogP contribution in [0.3, 0.4) is 0 Å². The maximum absolute atomic E-state index is 6.13. The van der Waals surface area contributed by atoms with Crippen LogP contribution in [0.25, 0.3) is 0 Å². The zero-order chi connectivity index (χ0) is 12.4. The molecule has 0 saturated carbocycles. The molecule has 1 atom stereocenters. The molecule has 0 aromatic heterocycles. The molecule has 0 aliphatic carbocycles. The van der Waals surface area contributed by atoms with Crippen molar-refractivity contribution in [2.75, 3.05) is 44.4 Å². The standard InChI is InChI=1S/C14H23N3/c1-11-5-4-6-13(14(11)15)17(3)10-12-7-8-16(2)9-12/h4-6,12H,7-10,15H2,1-3H3. The van der Waals surface area contributed by atoms with Crippen LogP contribution >= 0.6 is 0 Å². The van der Waals surface area contributed by atoms with Gasteiger partial charge in [-0.05, 0) is 44.5 Å². The van der Waals surface area contributed by atoms with E-state index in [-0.39, 0.29) is 0 Å². The molecular weight excluding hydrogens is 210 g/mol. The van der Waals surface area contributed by atoms with Crippen molar-refractivity contribution in [1.29, 1.82) is 0 Å². The molecule has 1 aromatic carbocycles. The number of benzene rings is 1. The van der Waals surface area contributed by atoms with Gasteiger partial charge in [0.15, 0.2) is 0 Å². The van der Waals surface area contributed by atoms with Crippen molar-refractivity contribution in [3.8, 4) is 0 Å². The molecule has 2 N–H and O–H groups in total. The van der Waals surface area contributed by atoms with Gasteiger partial charge in [0.1, 0.15) is 0 Å². The van der Waals surface area contributed by atoms with Crippen LogP contribution in [0.2, 0.25) is 0 Å². The van der Waals surface area contributed by atoms with E-state index in [4.69, 9.17) is 5.73 Å². The Kier molecular flexibility index (Phi) is 3.57. The molecule has 0 amide bonds. The first-order valence-corrected chi connectivity index (χ1v) is 6.32. The maximum Gasteiger partial charge on any atom is 0.0600 e. The molecule has 1 aliphatic heterocycles. The van der Waals surface area contributed by atoms with E-state index in [0.29, 0.717) is 0 Å². The van der Waals surface area contributed by atoms with Gasteiger partial charge in [0.25, 0.3) is 0 Å². The van der Waals surface area contributed by atoms with E-state index in [1.165, 1.54) is 25.2 Å². The summed E-state index contributed by atoms with van der Waals surface area (Å²) in [6.45, 7) is 5.59. The number of rotatable bonds is 3. The summed E-state index contributed by atoms with van der Waals surface area (Å²) in [5.74, 6) is 0.768. The van der Waals surface area contributed by atoms with Crippen molar-refractivity contribution < 1.29 is 0 Å². The van der Waals surface area contributed by atoms with Gasteiger partial charge >= 0.3 is 0 Å². The summed E-state index contributed by atoms with van der Waals surface area (Å²) in [5, 5.41) is 0. The van der Waals surface area contributed by atoms with E-state index in [1.54, 1.807) is 0 Å². The monoisotopic (exact) mass is 233 g/mol. The fourth-order valence-corrected chi connectivity index (χ4v) is 2.66. The average Bonchev–Trinajstić information content (AvgIpc) is 2.68. The number of nitrogens with two attached hydrogens (primary N) is 1. The molecule has 1 heterocycles. The van der Waals surface area contributed by atoms with Gasteiger partial charge in [-0.3, -0.25) is 0 Å². The Morgan fingerprint density at radius 3 is 2.88 bits per heavy atom. The van der Waals surface area contributed by atoms with Gasteiger partial charge in [-0.15, -0.1) is 0 Å². The Bertz CT molecular complexity index is 389. The quantitative estimate of drug-likeness (QED) is 0.810. The lowest BCUT2D eigenvalue weighted by Crippen LogP contribution is -2.27. The summed E-state index contributed by atoms with van der Waals surface area (Å²) >= 11 is 0. The molecule has 94 valence electrons. The first kappa shape index (κ1) is 12.2. The SMILES string of the molecule is Cc1cccc(N(C)CC2CCN(C)C2)c1N. The second-order valence-corrected chi connectivity index (χ2v) is 5.31. The highest BCUT2D eigenvalue weighted by Crippen LogP contribution is 2.27. The van der Waals surface area contributed by atoms with Crippen LogP contribution in [0.15, 0.2) is 18.2 Å². The van der Waals surface area contributed by atoms with Crippen LogP contribution in [0.5, 0.6) is 0 Å². The lowest BCUT2D eigenvalue weighted by molar-refractivity contribution is 0.396. The molecule has 0 radical (unpaired) electrons. The minimum Gasteiger partial charge on any atom is -0.397 e. The molecule has 1 aromatic rings. The smallest absolute Gasteiger partial charge is 0.0600 e. The number of nitrogen functional groups attached to an aromatic ring is 1. The summed E-state index contributed by atoms with van der Waals surface area (Å²) in [7, 11) is 4.34. The largest absolute Gasteiger partial charge is 0.397 e. The molecule has 1 fully saturated rings. The van der Waals surface area contributed by atoms with Gasteiger partial charge in [-0.1, -0.05) is 12.1 Å². The van der Waals surface area contributed by atoms with Crippen molar-refractivity contribution >= 4 is 11.4 Å². The fraction of sp³-hybridized carbons (Fsp3) is 0.571. The third kappa shape index (κ3) is 2.72. The molecular formula is C14H23N3. The minimum absolute atomic E-state index is 0.768. The highest BCUT2D eigenvalue weighted by Gasteiger charge is 2.21. The highest BCUT2D eigenvalue weighted by molar-refractivity contribution is 5.70. The first-order valence-electron chi connectivity index (χ1n) is 6.32. The Balaban J connectivity index is 2.04. The molecule has 1 aliphatic rings. The summed E-state index contributed by atoms with van der Waals surface area (Å²) < 4.78 is 0. The highest BCUT2D eigenvalue weighted by atomic mass is 15.2. The lowest BCUT2D eigenvalue weighted by atomic mass is 10.1. The number of para-hydroxylation sites is 1. The van der Waals surface area contributed by atoms with Gasteiger partial charge in [0, 0.05) is 20.1 Å². The van der Waals surface area contributed by atoms with E-state index in [9.17, 15) is 0 Å². The summed E-state index contributed by atoms with van der Waals surface area (Å²) in [6, 6.07) is 6.26. The van der Waals surface area contributed by atoms with Crippen molar-refractivity contribution in [3.05, 3.63) is 23.8 Å². The van der Waals surface area contributed by atoms with Gasteiger partial charge in [0.05, 0.1) is 11.4 Å². The molecule has 1 saturated heterocycles. The van der Waals surface area contributed by atoms with Crippen molar-refractivity contribution in [2.45, 2.75) is 13.3 Å². The molecule has 1 unspecified atom stereocenters. The third-order valence-electron chi connectivity index (χ3n) is 3.73. The van der Waals surface area contributed by atoms with E-state index >= 15 is 0 Å². The molecule has 0 bridgehead atoms. The Morgan fingerprint density at radius 2 is 2.24 bits per heavy atom. The molecule has 3 nitrogen and oxygen atoms in total. The fourth-order valence-electron chi connectivity index (χ4n) is 2.66. The zero-order valence-electron chi connectivity index (χ0n) is 11.1. The second-order valence-electron chi connectivity index (χ2n) is 5.31. The Labute approximate surface area is 104 Å². The van der Waals surface area contributed by atoms with Crippen LogP contribution in [-0.2, 0) is 0 Å². The number of anilines is 2.